The van der Waals surface area contributed by atoms with Gasteiger partial charge in [-0.25, -0.2) is 0 Å². The molecule has 0 aliphatic heterocycles. The number of aromatic nitrogens is 2. The fourth-order valence-electron chi connectivity index (χ4n) is 7.72. The second kappa shape index (κ2) is 9.69. The fraction of sp³-hybridized carbons (Fsp3) is 0. The van der Waals surface area contributed by atoms with Crippen LogP contribution in [0.4, 0.5) is 0 Å². The number of nitrogens with zero attached hydrogens (tertiary/aromatic N) is 2. The minimum atomic E-state index is 1.16. The summed E-state index contributed by atoms with van der Waals surface area (Å²) in [4.78, 5) is 0. The summed E-state index contributed by atoms with van der Waals surface area (Å²) < 4.78 is 4.83. The van der Waals surface area contributed by atoms with Gasteiger partial charge in [0.15, 0.2) is 0 Å². The van der Waals surface area contributed by atoms with Gasteiger partial charge in [-0.05, 0) is 81.2 Å². The van der Waals surface area contributed by atoms with Crippen molar-refractivity contribution in [3.8, 4) is 22.5 Å². The molecule has 0 fully saturated rings. The van der Waals surface area contributed by atoms with E-state index < -0.39 is 0 Å². The van der Waals surface area contributed by atoms with Crippen LogP contribution in [0.1, 0.15) is 0 Å². The zero-order valence-electron chi connectivity index (χ0n) is 25.1. The summed E-state index contributed by atoms with van der Waals surface area (Å²) in [5.41, 5.74) is 9.67. The third-order valence-electron chi connectivity index (χ3n) is 9.69. The lowest BCUT2D eigenvalue weighted by molar-refractivity contribution is 1.18. The van der Waals surface area contributed by atoms with Crippen molar-refractivity contribution in [3.05, 3.63) is 170 Å². The molecule has 0 unspecified atom stereocenters. The molecular weight excluding hydrogens is 556 g/mol. The van der Waals surface area contributed by atoms with Crippen molar-refractivity contribution in [3.63, 3.8) is 0 Å². The number of fused-ring (bicyclic) bond motifs is 10. The second-order valence-electron chi connectivity index (χ2n) is 12.1. The molecule has 10 rings (SSSR count). The van der Waals surface area contributed by atoms with Crippen molar-refractivity contribution in [2.45, 2.75) is 0 Å². The van der Waals surface area contributed by atoms with Gasteiger partial charge < -0.3 is 9.13 Å². The minimum absolute atomic E-state index is 1.16. The SMILES string of the molecule is c1ccc(-n2c3ccc4ccccc4c3c3c4ccccc4c(-c4ccc(-n5c6ccccc6c6ccccc65)cc4)cc32)cc1. The van der Waals surface area contributed by atoms with Gasteiger partial charge in [-0.15, -0.1) is 0 Å². The first kappa shape index (κ1) is 25.2. The fourth-order valence-corrected chi connectivity index (χ4v) is 7.72. The molecule has 0 saturated heterocycles. The average Bonchev–Trinajstić information content (AvgIpc) is 3.65. The Labute approximate surface area is 266 Å². The Kier molecular flexibility index (Phi) is 5.31. The van der Waals surface area contributed by atoms with Crippen LogP contribution < -0.4 is 0 Å². The Morgan fingerprint density at radius 2 is 0.826 bits per heavy atom. The third-order valence-corrected chi connectivity index (χ3v) is 9.69. The Balaban J connectivity index is 1.26. The second-order valence-corrected chi connectivity index (χ2v) is 12.1. The van der Waals surface area contributed by atoms with E-state index in [0.29, 0.717) is 0 Å². The summed E-state index contributed by atoms with van der Waals surface area (Å²) in [7, 11) is 0. The number of hydrogen-bond acceptors (Lipinski definition) is 0. The minimum Gasteiger partial charge on any atom is -0.309 e. The lowest BCUT2D eigenvalue weighted by atomic mass is 9.93. The molecule has 0 aliphatic rings. The van der Waals surface area contributed by atoms with E-state index in [1.165, 1.54) is 82.0 Å². The van der Waals surface area contributed by atoms with Gasteiger partial charge >= 0.3 is 0 Å². The van der Waals surface area contributed by atoms with Crippen molar-refractivity contribution in [2.24, 2.45) is 0 Å². The molecule has 2 nitrogen and oxygen atoms in total. The predicted octanol–water partition coefficient (Wildman–Crippen LogP) is 11.9. The molecule has 0 aliphatic carbocycles. The first-order chi connectivity index (χ1) is 22.8. The maximum absolute atomic E-state index is 2.44. The van der Waals surface area contributed by atoms with Gasteiger partial charge in [-0.1, -0.05) is 121 Å². The van der Waals surface area contributed by atoms with E-state index >= 15 is 0 Å². The number of hydrogen-bond donors (Lipinski definition) is 0. The first-order valence-electron chi connectivity index (χ1n) is 15.9. The van der Waals surface area contributed by atoms with Crippen LogP contribution in [-0.4, -0.2) is 9.13 Å². The van der Waals surface area contributed by atoms with E-state index in [2.05, 4.69) is 179 Å². The van der Waals surface area contributed by atoms with Gasteiger partial charge in [-0.3, -0.25) is 0 Å². The van der Waals surface area contributed by atoms with Crippen LogP contribution in [-0.2, 0) is 0 Å². The van der Waals surface area contributed by atoms with E-state index in [1.54, 1.807) is 0 Å². The molecule has 0 saturated carbocycles. The monoisotopic (exact) mass is 584 g/mol. The van der Waals surface area contributed by atoms with Gasteiger partial charge in [0.25, 0.3) is 0 Å². The highest BCUT2D eigenvalue weighted by molar-refractivity contribution is 6.30. The Hall–Kier alpha value is -6.12. The lowest BCUT2D eigenvalue weighted by Gasteiger charge is -2.13. The largest absolute Gasteiger partial charge is 0.309 e. The zero-order chi connectivity index (χ0) is 30.2. The van der Waals surface area contributed by atoms with Crippen LogP contribution in [0.3, 0.4) is 0 Å². The van der Waals surface area contributed by atoms with Crippen LogP contribution in [0, 0.1) is 0 Å². The van der Waals surface area contributed by atoms with Crippen molar-refractivity contribution < 1.29 is 0 Å². The molecule has 0 atom stereocenters. The summed E-state index contributed by atoms with van der Waals surface area (Å²) in [6.45, 7) is 0. The number of rotatable bonds is 3. The molecule has 8 aromatic carbocycles. The Morgan fingerprint density at radius 3 is 1.54 bits per heavy atom. The highest BCUT2D eigenvalue weighted by Gasteiger charge is 2.20. The summed E-state index contributed by atoms with van der Waals surface area (Å²) >= 11 is 0. The molecular formula is C44H28N2. The molecule has 10 aromatic rings. The summed E-state index contributed by atoms with van der Waals surface area (Å²) in [5.74, 6) is 0. The van der Waals surface area contributed by atoms with Gasteiger partial charge in [0, 0.05) is 32.9 Å². The van der Waals surface area contributed by atoms with Crippen LogP contribution in [0.15, 0.2) is 170 Å². The molecule has 0 N–H and O–H groups in total. The van der Waals surface area contributed by atoms with E-state index in [1.807, 2.05) is 0 Å². The van der Waals surface area contributed by atoms with E-state index in [9.17, 15) is 0 Å². The van der Waals surface area contributed by atoms with Crippen LogP contribution in [0.5, 0.6) is 0 Å². The molecule has 0 spiro atoms. The normalized spacial score (nSPS) is 11.9. The summed E-state index contributed by atoms with van der Waals surface area (Å²) in [6.07, 6.45) is 0. The molecule has 2 aromatic heterocycles. The third kappa shape index (κ3) is 3.53. The molecule has 2 heteroatoms. The number of benzene rings is 8. The van der Waals surface area contributed by atoms with Crippen LogP contribution >= 0.6 is 0 Å². The van der Waals surface area contributed by atoms with Crippen molar-refractivity contribution in [2.75, 3.05) is 0 Å². The Bertz CT molecular complexity index is 2730. The van der Waals surface area contributed by atoms with Gasteiger partial charge in [-0.2, -0.15) is 0 Å². The van der Waals surface area contributed by atoms with Gasteiger partial charge in [0.1, 0.15) is 0 Å². The number of para-hydroxylation sites is 3. The zero-order valence-corrected chi connectivity index (χ0v) is 25.1. The van der Waals surface area contributed by atoms with Gasteiger partial charge in [0.05, 0.1) is 22.1 Å². The van der Waals surface area contributed by atoms with Crippen molar-refractivity contribution in [1.29, 1.82) is 0 Å². The molecule has 0 radical (unpaired) electrons. The average molecular weight is 585 g/mol. The summed E-state index contributed by atoms with van der Waals surface area (Å²) in [5, 5.41) is 10.2. The van der Waals surface area contributed by atoms with Gasteiger partial charge in [0.2, 0.25) is 0 Å². The maximum atomic E-state index is 2.44. The molecule has 2 heterocycles. The lowest BCUT2D eigenvalue weighted by Crippen LogP contribution is -1.95. The van der Waals surface area contributed by atoms with Crippen molar-refractivity contribution >= 4 is 65.2 Å². The maximum Gasteiger partial charge on any atom is 0.0553 e. The Morgan fingerprint density at radius 1 is 0.304 bits per heavy atom. The highest BCUT2D eigenvalue weighted by atomic mass is 15.0. The smallest absolute Gasteiger partial charge is 0.0553 e. The van der Waals surface area contributed by atoms with Crippen LogP contribution in [0.25, 0.3) is 87.7 Å². The van der Waals surface area contributed by atoms with E-state index in [4.69, 9.17) is 0 Å². The summed E-state index contributed by atoms with van der Waals surface area (Å²) in [6, 6.07) is 61.9. The quantitative estimate of drug-likeness (QED) is 0.195. The molecule has 214 valence electrons. The predicted molar refractivity (Wildman–Crippen MR) is 196 cm³/mol. The molecule has 0 bridgehead atoms. The van der Waals surface area contributed by atoms with E-state index in [0.717, 1.165) is 5.69 Å². The van der Waals surface area contributed by atoms with Crippen molar-refractivity contribution in [1.82, 2.24) is 9.13 Å². The van der Waals surface area contributed by atoms with E-state index in [-0.39, 0.29) is 0 Å². The highest BCUT2D eigenvalue weighted by Crippen LogP contribution is 2.44. The first-order valence-corrected chi connectivity index (χ1v) is 15.9. The molecule has 0 amide bonds. The molecule has 46 heavy (non-hydrogen) atoms. The van der Waals surface area contributed by atoms with Crippen LogP contribution in [0.2, 0.25) is 0 Å². The standard InChI is InChI=1S/C44H28N2/c1-2-13-31(14-3-1)46-41-27-24-29-12-4-5-15-33(29)43(41)44-37-19-7-6-16-34(37)38(28-42(44)46)30-22-25-32(26-23-30)45-39-20-10-8-17-35(39)36-18-9-11-21-40(36)45/h1-28H. The topological polar surface area (TPSA) is 9.86 Å².